The molecule has 0 spiro atoms. The zero-order valence-electron chi connectivity index (χ0n) is 11.8. The predicted molar refractivity (Wildman–Crippen MR) is 72.2 cm³/mol. The summed E-state index contributed by atoms with van der Waals surface area (Å²) >= 11 is 0. The molecule has 0 bridgehead atoms. The lowest BCUT2D eigenvalue weighted by molar-refractivity contribution is -0.758. The largest absolute Gasteiger partial charge is 0.478 e. The number of hydrogen-bond donors (Lipinski definition) is 2. The van der Waals surface area contributed by atoms with Crippen molar-refractivity contribution in [2.24, 2.45) is 5.92 Å². The quantitative estimate of drug-likeness (QED) is 0.415. The first-order valence-electron chi connectivity index (χ1n) is 6.41. The van der Waals surface area contributed by atoms with E-state index in [-0.39, 0.29) is 6.61 Å². The first-order valence-corrected chi connectivity index (χ1v) is 6.41. The molecule has 0 atom stereocenters. The number of carboxylic acids is 2. The van der Waals surface area contributed by atoms with Gasteiger partial charge in [0.1, 0.15) is 0 Å². The highest BCUT2D eigenvalue weighted by atomic mass is 16.9. The lowest BCUT2D eigenvalue weighted by Gasteiger charge is -2.28. The maximum Gasteiger partial charge on any atom is 0.328 e. The molecule has 0 aromatic carbocycles. The number of likely N-dealkylation sites (tertiary alicyclic amines) is 1. The summed E-state index contributed by atoms with van der Waals surface area (Å²) in [5, 5.41) is 24.8. The molecule has 1 rings (SSSR count). The summed E-state index contributed by atoms with van der Waals surface area (Å²) in [6.07, 6.45) is 4.20. The standard InChI is InChI=1S/C8H16N2O3.C4H4O4/c1-9-5-2-8(3-6-9)4-7-13-10(11)12;5-3(6)1-2-4(7)8/h8H,2-7H2,1H3;1-2H,(H,5,6)(H,7,8). The molecule has 9 heteroatoms. The van der Waals surface area contributed by atoms with Gasteiger partial charge in [0.2, 0.25) is 0 Å². The van der Waals surface area contributed by atoms with Gasteiger partial charge in [-0.1, -0.05) is 0 Å². The molecule has 2 N–H and O–H groups in total. The molecule has 9 nitrogen and oxygen atoms in total. The van der Waals surface area contributed by atoms with E-state index >= 15 is 0 Å². The summed E-state index contributed by atoms with van der Waals surface area (Å²) in [6.45, 7) is 2.45. The Bertz CT molecular complexity index is 360. The molecule has 0 radical (unpaired) electrons. The van der Waals surface area contributed by atoms with Gasteiger partial charge in [0.15, 0.2) is 0 Å². The monoisotopic (exact) mass is 304 g/mol. The fourth-order valence-electron chi connectivity index (χ4n) is 1.79. The third-order valence-electron chi connectivity index (χ3n) is 2.93. The minimum absolute atomic E-state index is 0.251. The van der Waals surface area contributed by atoms with Gasteiger partial charge in [-0.25, -0.2) is 9.59 Å². The van der Waals surface area contributed by atoms with Crippen LogP contribution in [0.1, 0.15) is 19.3 Å². The Labute approximate surface area is 121 Å². The molecule has 120 valence electrons. The first-order chi connectivity index (χ1) is 9.81. The van der Waals surface area contributed by atoms with Gasteiger partial charge in [-0.05, 0) is 45.3 Å². The van der Waals surface area contributed by atoms with Crippen molar-refractivity contribution in [3.63, 3.8) is 0 Å². The van der Waals surface area contributed by atoms with Crippen LogP contribution in [-0.2, 0) is 14.4 Å². The summed E-state index contributed by atoms with van der Waals surface area (Å²) in [4.78, 5) is 35.5. The van der Waals surface area contributed by atoms with E-state index in [9.17, 15) is 19.7 Å². The summed E-state index contributed by atoms with van der Waals surface area (Å²) in [5.41, 5.74) is 0. The van der Waals surface area contributed by atoms with E-state index in [1.165, 1.54) is 0 Å². The van der Waals surface area contributed by atoms with Crippen LogP contribution < -0.4 is 0 Å². The Balaban J connectivity index is 0.000000433. The fraction of sp³-hybridized carbons (Fsp3) is 0.667. The molecule has 21 heavy (non-hydrogen) atoms. The van der Waals surface area contributed by atoms with E-state index in [1.54, 1.807) is 0 Å². The van der Waals surface area contributed by atoms with Crippen molar-refractivity contribution < 1.29 is 29.7 Å². The van der Waals surface area contributed by atoms with Crippen LogP contribution in [0.25, 0.3) is 0 Å². The van der Waals surface area contributed by atoms with Crippen LogP contribution in [0, 0.1) is 16.0 Å². The minimum Gasteiger partial charge on any atom is -0.478 e. The van der Waals surface area contributed by atoms with Crippen LogP contribution in [0.15, 0.2) is 12.2 Å². The van der Waals surface area contributed by atoms with Crippen LogP contribution in [0.2, 0.25) is 0 Å². The number of carboxylic acid groups (broad SMARTS) is 2. The van der Waals surface area contributed by atoms with E-state index in [0.29, 0.717) is 18.1 Å². The topological polar surface area (TPSA) is 130 Å². The number of rotatable bonds is 6. The maximum absolute atomic E-state index is 9.87. The Hall–Kier alpha value is -2.16. The summed E-state index contributed by atoms with van der Waals surface area (Å²) in [6, 6.07) is 0. The first kappa shape index (κ1) is 18.8. The number of hydrogen-bond acceptors (Lipinski definition) is 6. The van der Waals surface area contributed by atoms with Gasteiger partial charge in [0.25, 0.3) is 5.09 Å². The van der Waals surface area contributed by atoms with Crippen molar-refractivity contribution in [2.75, 3.05) is 26.7 Å². The van der Waals surface area contributed by atoms with E-state index < -0.39 is 17.0 Å². The Kier molecular flexibility index (Phi) is 9.52. The normalized spacial score (nSPS) is 16.0. The summed E-state index contributed by atoms with van der Waals surface area (Å²) in [7, 11) is 2.10. The SMILES string of the molecule is CN1CCC(CCO[N+](=O)[O-])CC1.O=C(O)C=CC(=O)O. The lowest BCUT2D eigenvalue weighted by atomic mass is 9.94. The zero-order valence-corrected chi connectivity index (χ0v) is 11.8. The molecule has 0 aromatic rings. The van der Waals surface area contributed by atoms with Crippen molar-refractivity contribution in [2.45, 2.75) is 19.3 Å². The van der Waals surface area contributed by atoms with Crippen LogP contribution >= 0.6 is 0 Å². The van der Waals surface area contributed by atoms with E-state index in [2.05, 4.69) is 16.8 Å². The van der Waals surface area contributed by atoms with Gasteiger partial charge in [0.05, 0.1) is 6.61 Å². The summed E-state index contributed by atoms with van der Waals surface area (Å²) in [5.74, 6) is -1.91. The number of piperidine rings is 1. The van der Waals surface area contributed by atoms with Crippen LogP contribution in [0.3, 0.4) is 0 Å². The predicted octanol–water partition coefficient (Wildman–Crippen LogP) is 0.638. The lowest BCUT2D eigenvalue weighted by Crippen LogP contribution is -2.30. The van der Waals surface area contributed by atoms with E-state index in [4.69, 9.17) is 10.2 Å². The molecular formula is C12H20N2O7. The second-order valence-corrected chi connectivity index (χ2v) is 4.60. The molecule has 1 aliphatic heterocycles. The van der Waals surface area contributed by atoms with Crippen molar-refractivity contribution in [1.82, 2.24) is 4.90 Å². The number of nitrogens with zero attached hydrogens (tertiary/aromatic N) is 2. The van der Waals surface area contributed by atoms with Gasteiger partial charge in [0, 0.05) is 12.2 Å². The van der Waals surface area contributed by atoms with Crippen molar-refractivity contribution >= 4 is 11.9 Å². The van der Waals surface area contributed by atoms with Crippen LogP contribution in [0.5, 0.6) is 0 Å². The fourth-order valence-corrected chi connectivity index (χ4v) is 1.79. The molecule has 0 aromatic heterocycles. The van der Waals surface area contributed by atoms with Crippen molar-refractivity contribution in [3.05, 3.63) is 22.3 Å². The minimum atomic E-state index is -1.26. The average molecular weight is 304 g/mol. The smallest absolute Gasteiger partial charge is 0.328 e. The maximum atomic E-state index is 9.87. The van der Waals surface area contributed by atoms with E-state index in [1.807, 2.05) is 0 Å². The van der Waals surface area contributed by atoms with Gasteiger partial charge in [-0.2, -0.15) is 0 Å². The highest BCUT2D eigenvalue weighted by Crippen LogP contribution is 2.19. The third-order valence-corrected chi connectivity index (χ3v) is 2.93. The molecule has 1 fully saturated rings. The number of aliphatic carboxylic acids is 2. The number of carbonyl (C=O) groups is 2. The van der Waals surface area contributed by atoms with Crippen LogP contribution in [-0.4, -0.2) is 58.9 Å². The molecule has 0 saturated carbocycles. The Morgan fingerprint density at radius 1 is 1.29 bits per heavy atom. The van der Waals surface area contributed by atoms with Gasteiger partial charge < -0.3 is 20.0 Å². The second-order valence-electron chi connectivity index (χ2n) is 4.60. The third kappa shape index (κ3) is 12.6. The van der Waals surface area contributed by atoms with Crippen LogP contribution in [0.4, 0.5) is 0 Å². The Morgan fingerprint density at radius 2 is 1.76 bits per heavy atom. The molecule has 1 heterocycles. The molecular weight excluding hydrogens is 284 g/mol. The van der Waals surface area contributed by atoms with Gasteiger partial charge >= 0.3 is 11.9 Å². The zero-order chi connectivity index (χ0) is 16.3. The molecule has 0 unspecified atom stereocenters. The van der Waals surface area contributed by atoms with E-state index in [0.717, 1.165) is 32.4 Å². The van der Waals surface area contributed by atoms with Gasteiger partial charge in [-0.15, -0.1) is 10.1 Å². The highest BCUT2D eigenvalue weighted by molar-refractivity contribution is 5.89. The molecule has 1 aliphatic rings. The molecule has 1 saturated heterocycles. The average Bonchev–Trinajstić information content (AvgIpc) is 2.39. The van der Waals surface area contributed by atoms with Gasteiger partial charge in [-0.3, -0.25) is 0 Å². The highest BCUT2D eigenvalue weighted by Gasteiger charge is 2.16. The molecule has 0 amide bonds. The molecule has 0 aliphatic carbocycles. The van der Waals surface area contributed by atoms with Crippen molar-refractivity contribution in [1.29, 1.82) is 0 Å². The van der Waals surface area contributed by atoms with Crippen molar-refractivity contribution in [3.8, 4) is 0 Å². The summed E-state index contributed by atoms with van der Waals surface area (Å²) < 4.78 is 0. The second kappa shape index (κ2) is 10.6. The Morgan fingerprint density at radius 3 is 2.14 bits per heavy atom.